The topological polar surface area (TPSA) is 57.1 Å². The lowest BCUT2D eigenvalue weighted by Crippen LogP contribution is -2.06. The molecule has 5 heteroatoms. The summed E-state index contributed by atoms with van der Waals surface area (Å²) in [6.07, 6.45) is 0. The quantitative estimate of drug-likeness (QED) is 0.298. The molecule has 0 spiro atoms. The molecular weight excluding hydrogens is 446 g/mol. The molecule has 0 saturated carbocycles. The first kappa shape index (κ1) is 25.4. The molecule has 1 aromatic heterocycles. The molecular formula is C31H35N3O2. The van der Waals surface area contributed by atoms with Crippen molar-refractivity contribution >= 4 is 0 Å². The van der Waals surface area contributed by atoms with Gasteiger partial charge in [-0.1, -0.05) is 35.4 Å². The number of hydrogen-bond donors (Lipinski definition) is 0. The van der Waals surface area contributed by atoms with Crippen molar-refractivity contribution in [1.29, 1.82) is 0 Å². The highest BCUT2D eigenvalue weighted by molar-refractivity contribution is 5.76. The maximum Gasteiger partial charge on any atom is 0.167 e. The van der Waals surface area contributed by atoms with Gasteiger partial charge in [0.05, 0.1) is 19.8 Å². The Balaban J connectivity index is 2.10. The van der Waals surface area contributed by atoms with Crippen LogP contribution in [0.3, 0.4) is 0 Å². The van der Waals surface area contributed by atoms with Gasteiger partial charge in [0.2, 0.25) is 0 Å². The van der Waals surface area contributed by atoms with E-state index in [1.807, 2.05) is 19.9 Å². The van der Waals surface area contributed by atoms with E-state index in [1.54, 1.807) is 14.2 Å². The van der Waals surface area contributed by atoms with Gasteiger partial charge in [0.1, 0.15) is 11.5 Å². The van der Waals surface area contributed by atoms with Crippen LogP contribution in [0.5, 0.6) is 11.5 Å². The van der Waals surface area contributed by atoms with Crippen LogP contribution in [-0.2, 0) is 0 Å². The van der Waals surface area contributed by atoms with Crippen LogP contribution in [0.25, 0.3) is 34.2 Å². The predicted octanol–water partition coefficient (Wildman–Crippen LogP) is 7.36. The summed E-state index contributed by atoms with van der Waals surface area (Å²) < 4.78 is 11.5. The minimum Gasteiger partial charge on any atom is -0.496 e. The fourth-order valence-electron chi connectivity index (χ4n) is 5.48. The van der Waals surface area contributed by atoms with E-state index >= 15 is 0 Å². The van der Waals surface area contributed by atoms with Crippen LogP contribution in [0.1, 0.15) is 44.5 Å². The Morgan fingerprint density at radius 3 is 1.25 bits per heavy atom. The van der Waals surface area contributed by atoms with Gasteiger partial charge in [-0.3, -0.25) is 0 Å². The van der Waals surface area contributed by atoms with Gasteiger partial charge in [-0.2, -0.15) is 0 Å². The molecule has 0 fully saturated rings. The van der Waals surface area contributed by atoms with Crippen LogP contribution in [-0.4, -0.2) is 29.2 Å². The van der Waals surface area contributed by atoms with Crippen LogP contribution in [0, 0.1) is 55.4 Å². The first-order valence-electron chi connectivity index (χ1n) is 12.2. The molecule has 0 aliphatic rings. The predicted molar refractivity (Wildman–Crippen MR) is 147 cm³/mol. The van der Waals surface area contributed by atoms with E-state index in [2.05, 4.69) is 65.8 Å². The largest absolute Gasteiger partial charge is 0.496 e. The summed E-state index contributed by atoms with van der Waals surface area (Å²) in [5.74, 6) is 3.42. The number of aromatic nitrogens is 3. The molecule has 4 rings (SSSR count). The Bertz CT molecular complexity index is 1370. The second-order valence-corrected chi connectivity index (χ2v) is 9.79. The minimum atomic E-state index is 0.583. The molecule has 1 heterocycles. The Hall–Kier alpha value is -3.73. The standard InChI is InChI=1S/C31H35N3O2/c1-16-11-18(3)25(19(4)12-16)30-32-29(24-15-22(7)27(35-9)23(8)28(24)36-10)33-31(34-30)26-20(5)13-17(2)14-21(26)6/h11-15H,1-10H3. The van der Waals surface area contributed by atoms with Gasteiger partial charge in [0.15, 0.2) is 17.5 Å². The van der Waals surface area contributed by atoms with Crippen LogP contribution < -0.4 is 9.47 Å². The minimum absolute atomic E-state index is 0.583. The Labute approximate surface area is 214 Å². The molecule has 3 aromatic carbocycles. The van der Waals surface area contributed by atoms with Crippen molar-refractivity contribution in [3.63, 3.8) is 0 Å². The Kier molecular flexibility index (Phi) is 6.85. The number of benzene rings is 3. The molecule has 0 radical (unpaired) electrons. The fourth-order valence-corrected chi connectivity index (χ4v) is 5.48. The van der Waals surface area contributed by atoms with Gasteiger partial charge in [0.25, 0.3) is 0 Å². The SMILES string of the molecule is COc1c(C)cc(-c2nc(-c3c(C)cc(C)cc3C)nc(-c3c(C)cc(C)cc3C)n2)c(OC)c1C. The summed E-state index contributed by atoms with van der Waals surface area (Å²) in [5.41, 5.74) is 11.8. The smallest absolute Gasteiger partial charge is 0.167 e. The van der Waals surface area contributed by atoms with Gasteiger partial charge in [-0.05, 0) is 89.3 Å². The summed E-state index contributed by atoms with van der Waals surface area (Å²) in [6.45, 7) is 16.7. The summed E-state index contributed by atoms with van der Waals surface area (Å²) in [4.78, 5) is 15.1. The van der Waals surface area contributed by atoms with Crippen molar-refractivity contribution < 1.29 is 9.47 Å². The maximum atomic E-state index is 5.87. The van der Waals surface area contributed by atoms with Crippen LogP contribution in [0.2, 0.25) is 0 Å². The second-order valence-electron chi connectivity index (χ2n) is 9.79. The lowest BCUT2D eigenvalue weighted by molar-refractivity contribution is 0.387. The third kappa shape index (κ3) is 4.46. The van der Waals surface area contributed by atoms with Crippen molar-refractivity contribution in [3.05, 3.63) is 74.8 Å². The zero-order chi connectivity index (χ0) is 26.3. The highest BCUT2D eigenvalue weighted by Gasteiger charge is 2.22. The summed E-state index contributed by atoms with van der Waals surface area (Å²) in [7, 11) is 3.35. The van der Waals surface area contributed by atoms with E-state index < -0.39 is 0 Å². The number of rotatable bonds is 5. The fraction of sp³-hybridized carbons (Fsp3) is 0.323. The van der Waals surface area contributed by atoms with Crippen LogP contribution in [0.15, 0.2) is 30.3 Å². The highest BCUT2D eigenvalue weighted by atomic mass is 16.5. The maximum absolute atomic E-state index is 5.87. The van der Waals surface area contributed by atoms with Crippen molar-refractivity contribution in [1.82, 2.24) is 15.0 Å². The van der Waals surface area contributed by atoms with Gasteiger partial charge in [-0.15, -0.1) is 0 Å². The van der Waals surface area contributed by atoms with Gasteiger partial charge >= 0.3 is 0 Å². The van der Waals surface area contributed by atoms with E-state index in [4.69, 9.17) is 24.4 Å². The zero-order valence-electron chi connectivity index (χ0n) is 23.0. The molecule has 0 atom stereocenters. The molecule has 0 saturated heterocycles. The molecule has 0 bridgehead atoms. The van der Waals surface area contributed by atoms with E-state index in [1.165, 1.54) is 11.1 Å². The van der Waals surface area contributed by atoms with E-state index in [-0.39, 0.29) is 0 Å². The van der Waals surface area contributed by atoms with Crippen molar-refractivity contribution in [2.24, 2.45) is 0 Å². The second kappa shape index (κ2) is 9.73. The Morgan fingerprint density at radius 2 is 0.861 bits per heavy atom. The first-order valence-corrected chi connectivity index (χ1v) is 12.2. The summed E-state index contributed by atoms with van der Waals surface area (Å²) in [5, 5.41) is 0. The van der Waals surface area contributed by atoms with Crippen molar-refractivity contribution in [2.45, 2.75) is 55.4 Å². The number of hydrogen-bond acceptors (Lipinski definition) is 5. The molecule has 36 heavy (non-hydrogen) atoms. The van der Waals surface area contributed by atoms with Crippen LogP contribution >= 0.6 is 0 Å². The molecule has 0 N–H and O–H groups in total. The lowest BCUT2D eigenvalue weighted by atomic mass is 9.97. The number of nitrogens with zero attached hydrogens (tertiary/aromatic N) is 3. The molecule has 0 unspecified atom stereocenters. The number of aryl methyl sites for hydroxylation is 7. The molecule has 186 valence electrons. The first-order chi connectivity index (χ1) is 17.0. The van der Waals surface area contributed by atoms with E-state index in [0.717, 1.165) is 55.8 Å². The number of ether oxygens (including phenoxy) is 2. The highest BCUT2D eigenvalue weighted by Crippen LogP contribution is 2.40. The Morgan fingerprint density at radius 1 is 0.472 bits per heavy atom. The van der Waals surface area contributed by atoms with Crippen molar-refractivity contribution in [3.8, 4) is 45.7 Å². The third-order valence-corrected chi connectivity index (χ3v) is 6.73. The molecule has 0 amide bonds. The van der Waals surface area contributed by atoms with Gasteiger partial charge in [0, 0.05) is 16.7 Å². The van der Waals surface area contributed by atoms with Crippen molar-refractivity contribution in [2.75, 3.05) is 14.2 Å². The summed E-state index contributed by atoms with van der Waals surface area (Å²) in [6, 6.07) is 10.7. The summed E-state index contributed by atoms with van der Waals surface area (Å²) >= 11 is 0. The molecule has 4 aromatic rings. The van der Waals surface area contributed by atoms with E-state index in [9.17, 15) is 0 Å². The third-order valence-electron chi connectivity index (χ3n) is 6.73. The van der Waals surface area contributed by atoms with Crippen LogP contribution in [0.4, 0.5) is 0 Å². The number of methoxy groups -OCH3 is 2. The molecule has 0 aliphatic heterocycles. The van der Waals surface area contributed by atoms with Gasteiger partial charge < -0.3 is 9.47 Å². The molecule has 0 aliphatic carbocycles. The lowest BCUT2D eigenvalue weighted by Gasteiger charge is -2.18. The monoisotopic (exact) mass is 481 g/mol. The van der Waals surface area contributed by atoms with Gasteiger partial charge in [-0.25, -0.2) is 15.0 Å². The normalized spacial score (nSPS) is 11.1. The zero-order valence-corrected chi connectivity index (χ0v) is 23.0. The molecule has 5 nitrogen and oxygen atoms in total. The average Bonchev–Trinajstić information content (AvgIpc) is 2.77. The van der Waals surface area contributed by atoms with E-state index in [0.29, 0.717) is 23.2 Å². The average molecular weight is 482 g/mol.